The molecule has 1 aromatic rings. The lowest BCUT2D eigenvalue weighted by atomic mass is 9.88. The zero-order valence-electron chi connectivity index (χ0n) is 14.0. The van der Waals surface area contributed by atoms with Crippen LogP contribution in [0.2, 0.25) is 5.02 Å². The first kappa shape index (κ1) is 20.7. The molecule has 1 fully saturated rings. The molecule has 5 nitrogen and oxygen atoms in total. The SMILES string of the molecule is COC(=O)CCCN(Cc1cccc(Cl)c1)C(=O)[C@@]1(C)CCN1.Cl. The van der Waals surface area contributed by atoms with Crippen molar-refractivity contribution in [2.75, 3.05) is 20.2 Å². The minimum atomic E-state index is -0.496. The molecule has 1 N–H and O–H groups in total. The number of nitrogens with zero attached hydrogens (tertiary/aromatic N) is 1. The van der Waals surface area contributed by atoms with E-state index in [9.17, 15) is 9.59 Å². The molecule has 1 aliphatic heterocycles. The zero-order valence-corrected chi connectivity index (χ0v) is 15.6. The number of benzene rings is 1. The Bertz CT molecular complexity index is 577. The first-order valence-corrected chi connectivity index (χ1v) is 8.18. The minimum absolute atomic E-state index is 0. The fraction of sp³-hybridized carbons (Fsp3) is 0.529. The van der Waals surface area contributed by atoms with Gasteiger partial charge in [-0.05, 0) is 44.0 Å². The van der Waals surface area contributed by atoms with Crippen molar-refractivity contribution in [1.82, 2.24) is 10.2 Å². The summed E-state index contributed by atoms with van der Waals surface area (Å²) in [7, 11) is 1.37. The number of nitrogens with one attached hydrogen (secondary N) is 1. The molecule has 1 saturated heterocycles. The van der Waals surface area contributed by atoms with Gasteiger partial charge in [0.25, 0.3) is 0 Å². The molecule has 2 rings (SSSR count). The second-order valence-corrected chi connectivity index (χ2v) is 6.48. The van der Waals surface area contributed by atoms with Crippen LogP contribution in [-0.2, 0) is 20.9 Å². The van der Waals surface area contributed by atoms with E-state index < -0.39 is 5.54 Å². The zero-order chi connectivity index (χ0) is 16.9. The quantitative estimate of drug-likeness (QED) is 0.745. The highest BCUT2D eigenvalue weighted by Gasteiger charge is 2.41. The molecule has 0 bridgehead atoms. The van der Waals surface area contributed by atoms with Gasteiger partial charge in [0.2, 0.25) is 5.91 Å². The van der Waals surface area contributed by atoms with Gasteiger partial charge in [-0.3, -0.25) is 9.59 Å². The molecule has 1 atom stereocenters. The third-order valence-electron chi connectivity index (χ3n) is 4.20. The maximum atomic E-state index is 12.8. The highest BCUT2D eigenvalue weighted by molar-refractivity contribution is 6.30. The van der Waals surface area contributed by atoms with Crippen LogP contribution < -0.4 is 5.32 Å². The first-order valence-electron chi connectivity index (χ1n) is 7.80. The standard InChI is InChI=1S/C17H23ClN2O3.ClH/c1-17(8-9-19-17)16(22)20(10-4-7-15(21)23-2)12-13-5-3-6-14(18)11-13;/h3,5-6,11,19H,4,7-10,12H2,1-2H3;1H/t17-;/m1./s1. The molecule has 24 heavy (non-hydrogen) atoms. The molecule has 1 heterocycles. The third-order valence-corrected chi connectivity index (χ3v) is 4.43. The molecule has 0 radical (unpaired) electrons. The van der Waals surface area contributed by atoms with E-state index in [-0.39, 0.29) is 24.3 Å². The number of hydrogen-bond acceptors (Lipinski definition) is 4. The predicted octanol–water partition coefficient (Wildman–Crippen LogP) is 2.80. The second-order valence-electron chi connectivity index (χ2n) is 6.05. The number of rotatable bonds is 7. The van der Waals surface area contributed by atoms with E-state index in [1.807, 2.05) is 31.2 Å². The van der Waals surface area contributed by atoms with Crippen molar-refractivity contribution in [3.63, 3.8) is 0 Å². The lowest BCUT2D eigenvalue weighted by Gasteiger charge is -2.42. The van der Waals surface area contributed by atoms with Crippen molar-refractivity contribution in [1.29, 1.82) is 0 Å². The van der Waals surface area contributed by atoms with Crippen LogP contribution in [0.15, 0.2) is 24.3 Å². The Morgan fingerprint density at radius 3 is 2.67 bits per heavy atom. The van der Waals surface area contributed by atoms with Crippen LogP contribution in [0.1, 0.15) is 31.7 Å². The normalized spacial score (nSPS) is 19.0. The highest BCUT2D eigenvalue weighted by atomic mass is 35.5. The van der Waals surface area contributed by atoms with E-state index in [0.717, 1.165) is 18.5 Å². The van der Waals surface area contributed by atoms with Crippen LogP contribution in [0.4, 0.5) is 0 Å². The number of carbonyl (C=O) groups excluding carboxylic acids is 2. The largest absolute Gasteiger partial charge is 0.469 e. The Hall–Kier alpha value is -1.30. The van der Waals surface area contributed by atoms with Crippen molar-refractivity contribution in [2.45, 2.75) is 38.3 Å². The second kappa shape index (κ2) is 9.25. The van der Waals surface area contributed by atoms with E-state index in [0.29, 0.717) is 31.0 Å². The molecule has 0 aliphatic carbocycles. The Balaban J connectivity index is 0.00000288. The van der Waals surface area contributed by atoms with E-state index in [1.54, 1.807) is 4.90 Å². The Morgan fingerprint density at radius 2 is 2.12 bits per heavy atom. The van der Waals surface area contributed by atoms with Gasteiger partial charge in [0.05, 0.1) is 12.6 Å². The van der Waals surface area contributed by atoms with E-state index in [4.69, 9.17) is 11.6 Å². The van der Waals surface area contributed by atoms with Crippen LogP contribution in [0.25, 0.3) is 0 Å². The van der Waals surface area contributed by atoms with Crippen LogP contribution in [0.3, 0.4) is 0 Å². The molecular weight excluding hydrogens is 351 g/mol. The molecule has 134 valence electrons. The summed E-state index contributed by atoms with van der Waals surface area (Å²) in [6.45, 7) is 3.77. The van der Waals surface area contributed by atoms with Crippen molar-refractivity contribution in [3.05, 3.63) is 34.9 Å². The number of carbonyl (C=O) groups is 2. The van der Waals surface area contributed by atoms with Crippen molar-refractivity contribution >= 4 is 35.9 Å². The lowest BCUT2D eigenvalue weighted by molar-refractivity contribution is -0.143. The maximum Gasteiger partial charge on any atom is 0.305 e. The predicted molar refractivity (Wildman–Crippen MR) is 96.4 cm³/mol. The van der Waals surface area contributed by atoms with Gasteiger partial charge in [0.15, 0.2) is 0 Å². The van der Waals surface area contributed by atoms with Crippen LogP contribution in [-0.4, -0.2) is 42.5 Å². The van der Waals surface area contributed by atoms with Gasteiger partial charge >= 0.3 is 5.97 Å². The Labute approximate surface area is 154 Å². The van der Waals surface area contributed by atoms with E-state index in [1.165, 1.54) is 7.11 Å². The first-order chi connectivity index (χ1) is 10.9. The summed E-state index contributed by atoms with van der Waals surface area (Å²) in [6.07, 6.45) is 1.71. The van der Waals surface area contributed by atoms with Gasteiger partial charge in [-0.15, -0.1) is 12.4 Å². The maximum absolute atomic E-state index is 12.8. The number of hydrogen-bond donors (Lipinski definition) is 1. The summed E-state index contributed by atoms with van der Waals surface area (Å²) in [5.41, 5.74) is 0.482. The minimum Gasteiger partial charge on any atom is -0.469 e. The summed E-state index contributed by atoms with van der Waals surface area (Å²) >= 11 is 6.02. The van der Waals surface area contributed by atoms with Gasteiger partial charge in [-0.2, -0.15) is 0 Å². The fourth-order valence-corrected chi connectivity index (χ4v) is 2.87. The van der Waals surface area contributed by atoms with Crippen molar-refractivity contribution in [2.24, 2.45) is 0 Å². The molecule has 0 aromatic heterocycles. The molecule has 1 amide bonds. The topological polar surface area (TPSA) is 58.6 Å². The van der Waals surface area contributed by atoms with Gasteiger partial charge in [0, 0.05) is 24.5 Å². The van der Waals surface area contributed by atoms with Crippen molar-refractivity contribution in [3.8, 4) is 0 Å². The number of methoxy groups -OCH3 is 1. The third kappa shape index (κ3) is 5.36. The summed E-state index contributed by atoms with van der Waals surface area (Å²) in [5, 5.41) is 3.85. The summed E-state index contributed by atoms with van der Waals surface area (Å²) in [4.78, 5) is 25.9. The van der Waals surface area contributed by atoms with Gasteiger partial charge < -0.3 is 15.0 Å². The molecule has 0 spiro atoms. The molecule has 1 aliphatic rings. The van der Waals surface area contributed by atoms with Gasteiger partial charge in [-0.1, -0.05) is 23.7 Å². The summed E-state index contributed by atoms with van der Waals surface area (Å²) in [5.74, 6) is -0.193. The average Bonchev–Trinajstić information content (AvgIpc) is 2.50. The van der Waals surface area contributed by atoms with Crippen LogP contribution >= 0.6 is 24.0 Å². The Kier molecular flexibility index (Phi) is 8.00. The lowest BCUT2D eigenvalue weighted by Crippen LogP contribution is -2.64. The van der Waals surface area contributed by atoms with E-state index in [2.05, 4.69) is 10.1 Å². The van der Waals surface area contributed by atoms with E-state index >= 15 is 0 Å². The van der Waals surface area contributed by atoms with Gasteiger partial charge in [0.1, 0.15) is 0 Å². The van der Waals surface area contributed by atoms with Crippen LogP contribution in [0.5, 0.6) is 0 Å². The molecule has 0 unspecified atom stereocenters. The number of amides is 1. The summed E-state index contributed by atoms with van der Waals surface area (Å²) in [6, 6.07) is 7.49. The average molecular weight is 375 g/mol. The van der Waals surface area contributed by atoms with Crippen LogP contribution in [0, 0.1) is 0 Å². The fourth-order valence-electron chi connectivity index (χ4n) is 2.66. The number of esters is 1. The van der Waals surface area contributed by atoms with Gasteiger partial charge in [-0.25, -0.2) is 0 Å². The molecule has 0 saturated carbocycles. The smallest absolute Gasteiger partial charge is 0.305 e. The number of halogens is 2. The Morgan fingerprint density at radius 1 is 1.42 bits per heavy atom. The molecule has 7 heteroatoms. The summed E-state index contributed by atoms with van der Waals surface area (Å²) < 4.78 is 4.65. The highest BCUT2D eigenvalue weighted by Crippen LogP contribution is 2.23. The molecule has 1 aromatic carbocycles. The molecular formula is C17H24Cl2N2O3. The van der Waals surface area contributed by atoms with Crippen molar-refractivity contribution < 1.29 is 14.3 Å². The number of ether oxygens (including phenoxy) is 1. The monoisotopic (exact) mass is 374 g/mol.